The van der Waals surface area contributed by atoms with Crippen molar-refractivity contribution in [3.05, 3.63) is 41.2 Å². The molecule has 2 saturated heterocycles. The van der Waals surface area contributed by atoms with E-state index in [-0.39, 0.29) is 49.3 Å². The average molecular weight is 663 g/mol. The van der Waals surface area contributed by atoms with E-state index in [0.717, 1.165) is 16.8 Å². The maximum atomic E-state index is 15.0. The van der Waals surface area contributed by atoms with E-state index in [1.165, 1.54) is 11.0 Å². The second kappa shape index (κ2) is 16.0. The lowest BCUT2D eigenvalue weighted by Crippen LogP contribution is -2.58. The van der Waals surface area contributed by atoms with Crippen LogP contribution in [0, 0.1) is 23.5 Å². The summed E-state index contributed by atoms with van der Waals surface area (Å²) >= 11 is 0. The van der Waals surface area contributed by atoms with Crippen molar-refractivity contribution in [3.8, 4) is 5.69 Å². The van der Waals surface area contributed by atoms with Gasteiger partial charge in [0, 0.05) is 46.4 Å². The van der Waals surface area contributed by atoms with Gasteiger partial charge in [-0.1, -0.05) is 25.1 Å². The fourth-order valence-electron chi connectivity index (χ4n) is 6.02. The minimum atomic E-state index is -0.837. The van der Waals surface area contributed by atoms with Crippen molar-refractivity contribution in [1.29, 1.82) is 0 Å². The van der Waals surface area contributed by atoms with Gasteiger partial charge in [0.25, 0.3) is 5.91 Å². The first-order valence-corrected chi connectivity index (χ1v) is 16.3. The smallest absolute Gasteiger partial charge is 0.410 e. The quantitative estimate of drug-likeness (QED) is 0.330. The summed E-state index contributed by atoms with van der Waals surface area (Å²) in [6, 6.07) is 2.94. The number of carbonyl (C=O) groups is 3. The molecule has 3 amide bonds. The fraction of sp³-hybridized carbons (Fsp3) is 0.667. The number of halogens is 2. The number of ether oxygens (including phenoxy) is 3. The van der Waals surface area contributed by atoms with Crippen molar-refractivity contribution in [2.45, 2.75) is 71.9 Å². The number of hydrogen-bond acceptors (Lipinski definition) is 8. The number of nitrogens with zero attached hydrogens (tertiary/aromatic N) is 6. The van der Waals surface area contributed by atoms with E-state index in [4.69, 9.17) is 14.2 Å². The van der Waals surface area contributed by atoms with Gasteiger partial charge in [-0.15, -0.1) is 5.10 Å². The monoisotopic (exact) mass is 662 g/mol. The number of hydrogen-bond donors (Lipinski definition) is 0. The number of methoxy groups -OCH3 is 1. The van der Waals surface area contributed by atoms with Crippen LogP contribution in [0.2, 0.25) is 0 Å². The molecule has 0 aliphatic carbocycles. The first kappa shape index (κ1) is 36.2. The Morgan fingerprint density at radius 3 is 2.36 bits per heavy atom. The van der Waals surface area contributed by atoms with Crippen LogP contribution in [-0.4, -0.2) is 119 Å². The molecule has 2 fully saturated rings. The van der Waals surface area contributed by atoms with Crippen LogP contribution in [0.4, 0.5) is 13.6 Å². The molecular weight excluding hydrogens is 614 g/mol. The van der Waals surface area contributed by atoms with Crippen LogP contribution in [0.3, 0.4) is 0 Å². The van der Waals surface area contributed by atoms with Crippen LogP contribution >= 0.6 is 0 Å². The normalized spacial score (nSPS) is 18.8. The second-order valence-electron chi connectivity index (χ2n) is 13.6. The van der Waals surface area contributed by atoms with Crippen molar-refractivity contribution in [2.24, 2.45) is 11.8 Å². The zero-order chi connectivity index (χ0) is 34.3. The van der Waals surface area contributed by atoms with E-state index in [1.54, 1.807) is 37.7 Å². The number of para-hydroxylation sites is 1. The largest absolute Gasteiger partial charge is 0.444 e. The molecule has 0 bridgehead atoms. The number of piperidine rings is 1. The van der Waals surface area contributed by atoms with Crippen LogP contribution in [0.25, 0.3) is 5.69 Å². The number of morpholine rings is 1. The molecule has 0 unspecified atom stereocenters. The Morgan fingerprint density at radius 2 is 1.74 bits per heavy atom. The zero-order valence-corrected chi connectivity index (χ0v) is 28.3. The standard InChI is InChI=1S/C33H48F2N6O6/c1-22(2)19-40(24-18-23(30(42)38-13-16-46-17-14-38)20-39(21-24)32(44)47-33(3,4)5)31(43)28-27(12-7-8-15-45-6)41(37-36-28)29-25(34)10-9-11-26(29)35/h9-11,22-24H,7-8,12-21H2,1-6H3/t23-,24+/m1/s1. The molecule has 3 heterocycles. The zero-order valence-electron chi connectivity index (χ0n) is 28.3. The first-order chi connectivity index (χ1) is 22.3. The summed E-state index contributed by atoms with van der Waals surface area (Å²) in [5.74, 6) is -2.85. The maximum absolute atomic E-state index is 15.0. The van der Waals surface area contributed by atoms with Gasteiger partial charge in [0.1, 0.15) is 11.3 Å². The Labute approximate surface area is 275 Å². The molecule has 2 aliphatic heterocycles. The third-order valence-corrected chi connectivity index (χ3v) is 8.14. The maximum Gasteiger partial charge on any atom is 0.410 e. The minimum Gasteiger partial charge on any atom is -0.444 e. The van der Waals surface area contributed by atoms with E-state index >= 15 is 0 Å². The predicted molar refractivity (Wildman–Crippen MR) is 169 cm³/mol. The van der Waals surface area contributed by atoms with Gasteiger partial charge in [0.2, 0.25) is 5.91 Å². The summed E-state index contributed by atoms with van der Waals surface area (Å²) in [5, 5.41) is 8.26. The first-order valence-electron chi connectivity index (χ1n) is 16.3. The van der Waals surface area contributed by atoms with E-state index < -0.39 is 46.9 Å². The highest BCUT2D eigenvalue weighted by atomic mass is 19.1. The number of likely N-dealkylation sites (tertiary alicyclic amines) is 1. The van der Waals surface area contributed by atoms with Crippen LogP contribution in [0.1, 0.15) is 70.1 Å². The molecule has 14 heteroatoms. The number of aromatic nitrogens is 3. The molecule has 2 atom stereocenters. The van der Waals surface area contributed by atoms with E-state index in [9.17, 15) is 23.2 Å². The highest BCUT2D eigenvalue weighted by Gasteiger charge is 2.42. The molecule has 2 aliphatic rings. The average Bonchev–Trinajstić information content (AvgIpc) is 3.43. The number of benzene rings is 1. The Hall–Kier alpha value is -3.65. The van der Waals surface area contributed by atoms with Gasteiger partial charge < -0.3 is 28.9 Å². The third kappa shape index (κ3) is 9.25. The van der Waals surface area contributed by atoms with Crippen molar-refractivity contribution >= 4 is 17.9 Å². The molecule has 2 aromatic rings. The molecule has 0 radical (unpaired) electrons. The summed E-state index contributed by atoms with van der Waals surface area (Å²) in [6.07, 6.45) is 1.19. The molecule has 0 spiro atoms. The summed E-state index contributed by atoms with van der Waals surface area (Å²) in [6.45, 7) is 12.0. The number of carbonyl (C=O) groups excluding carboxylic acids is 3. The van der Waals surface area contributed by atoms with Gasteiger partial charge in [-0.25, -0.2) is 18.3 Å². The van der Waals surface area contributed by atoms with Gasteiger partial charge in [-0.05, 0) is 64.5 Å². The Bertz CT molecular complexity index is 1370. The SMILES string of the molecule is COCCCCc1c(C(=O)N(CC(C)C)[C@H]2C[C@@H](C(=O)N3CCOCC3)CN(C(=O)OC(C)(C)C)C2)nnn1-c1c(F)cccc1F. The summed E-state index contributed by atoms with van der Waals surface area (Å²) in [7, 11) is 1.58. The summed E-state index contributed by atoms with van der Waals surface area (Å²) in [5.41, 5.74) is -0.943. The molecule has 12 nitrogen and oxygen atoms in total. The molecule has 1 aromatic heterocycles. The van der Waals surface area contributed by atoms with E-state index in [2.05, 4.69) is 10.3 Å². The van der Waals surface area contributed by atoms with Gasteiger partial charge in [-0.3, -0.25) is 9.59 Å². The Balaban J connectivity index is 1.73. The summed E-state index contributed by atoms with van der Waals surface area (Å²) in [4.78, 5) is 46.6. The van der Waals surface area contributed by atoms with Crippen LogP contribution in [0.5, 0.6) is 0 Å². The van der Waals surface area contributed by atoms with E-state index in [0.29, 0.717) is 52.2 Å². The lowest BCUT2D eigenvalue weighted by Gasteiger charge is -2.44. The molecule has 4 rings (SSSR count). The van der Waals surface area contributed by atoms with Gasteiger partial charge in [0.15, 0.2) is 17.3 Å². The third-order valence-electron chi connectivity index (χ3n) is 8.14. The van der Waals surface area contributed by atoms with Gasteiger partial charge in [-0.2, -0.15) is 0 Å². The predicted octanol–water partition coefficient (Wildman–Crippen LogP) is 4.10. The molecule has 1 aromatic carbocycles. The van der Waals surface area contributed by atoms with Gasteiger partial charge >= 0.3 is 6.09 Å². The van der Waals surface area contributed by atoms with Crippen LogP contribution < -0.4 is 0 Å². The molecular formula is C33H48F2N6O6. The van der Waals surface area contributed by atoms with Crippen molar-refractivity contribution in [2.75, 3.05) is 59.7 Å². The van der Waals surface area contributed by atoms with E-state index in [1.807, 2.05) is 13.8 Å². The molecule has 260 valence electrons. The van der Waals surface area contributed by atoms with Crippen molar-refractivity contribution in [3.63, 3.8) is 0 Å². The molecule has 0 N–H and O–H groups in total. The lowest BCUT2D eigenvalue weighted by atomic mass is 9.91. The molecule has 47 heavy (non-hydrogen) atoms. The van der Waals surface area contributed by atoms with Crippen molar-refractivity contribution in [1.82, 2.24) is 29.7 Å². The summed E-state index contributed by atoms with van der Waals surface area (Å²) < 4.78 is 47.3. The second-order valence-corrected chi connectivity index (χ2v) is 13.6. The topological polar surface area (TPSA) is 119 Å². The van der Waals surface area contributed by atoms with Crippen LogP contribution in [-0.2, 0) is 25.4 Å². The molecule has 0 saturated carbocycles. The minimum absolute atomic E-state index is 0.00783. The Kier molecular flexibility index (Phi) is 12.3. The fourth-order valence-corrected chi connectivity index (χ4v) is 6.02. The lowest BCUT2D eigenvalue weighted by molar-refractivity contribution is -0.142. The van der Waals surface area contributed by atoms with Gasteiger partial charge in [0.05, 0.1) is 30.9 Å². The van der Waals surface area contributed by atoms with Crippen molar-refractivity contribution < 1.29 is 37.4 Å². The van der Waals surface area contributed by atoms with Crippen LogP contribution in [0.15, 0.2) is 18.2 Å². The number of rotatable bonds is 11. The highest BCUT2D eigenvalue weighted by molar-refractivity contribution is 5.94. The number of unbranched alkanes of at least 4 members (excludes halogenated alkanes) is 1. The number of amides is 3. The highest BCUT2D eigenvalue weighted by Crippen LogP contribution is 2.29. The Morgan fingerprint density at radius 1 is 1.06 bits per heavy atom.